The first-order valence-electron chi connectivity index (χ1n) is 9.16. The highest BCUT2D eigenvalue weighted by molar-refractivity contribution is 8.13. The molecule has 0 saturated carbocycles. The highest BCUT2D eigenvalue weighted by Crippen LogP contribution is 2.20. The molecule has 3 rings (SSSR count). The van der Waals surface area contributed by atoms with Crippen LogP contribution in [-0.4, -0.2) is 47.8 Å². The number of ketones is 1. The molecule has 0 aliphatic carbocycles. The lowest BCUT2D eigenvalue weighted by Gasteiger charge is -2.29. The maximum atomic E-state index is 12.6. The van der Waals surface area contributed by atoms with Gasteiger partial charge in [0.05, 0.1) is 6.54 Å². The number of Topliss-reactive ketones (excluding diaryl/α,β-unsaturated/α-hetero) is 1. The molecule has 0 aromatic heterocycles. The largest absolute Gasteiger partial charge is 0.435 e. The van der Waals surface area contributed by atoms with Crippen molar-refractivity contribution < 1.29 is 18.3 Å². The standard InChI is InChI=1S/C21H22F2N2O2S/c22-20(23)27-18-9-7-17(8-10-18)19(26)15-25-13-4-14-28-21(25)24-12-11-16-5-2-1-3-6-16/h1-3,5-10,20H,4,11-15H2. The zero-order chi connectivity index (χ0) is 19.8. The molecule has 148 valence electrons. The highest BCUT2D eigenvalue weighted by Gasteiger charge is 2.20. The Hall–Kier alpha value is -2.41. The minimum Gasteiger partial charge on any atom is -0.435 e. The topological polar surface area (TPSA) is 41.9 Å². The third kappa shape index (κ3) is 6.05. The van der Waals surface area contributed by atoms with Crippen molar-refractivity contribution in [2.75, 3.05) is 25.4 Å². The van der Waals surface area contributed by atoms with Crippen LogP contribution in [0.3, 0.4) is 0 Å². The Balaban J connectivity index is 1.58. The molecular weight excluding hydrogens is 382 g/mol. The van der Waals surface area contributed by atoms with Crippen LogP contribution in [0.4, 0.5) is 8.78 Å². The van der Waals surface area contributed by atoms with Gasteiger partial charge in [0.1, 0.15) is 5.75 Å². The number of carbonyl (C=O) groups is 1. The van der Waals surface area contributed by atoms with Gasteiger partial charge in [-0.3, -0.25) is 9.79 Å². The summed E-state index contributed by atoms with van der Waals surface area (Å²) in [6, 6.07) is 16.0. The molecule has 0 N–H and O–H groups in total. The monoisotopic (exact) mass is 404 g/mol. The smallest absolute Gasteiger partial charge is 0.387 e. The fraction of sp³-hybridized carbons (Fsp3) is 0.333. The lowest BCUT2D eigenvalue weighted by molar-refractivity contribution is -0.0498. The van der Waals surface area contributed by atoms with Crippen molar-refractivity contribution >= 4 is 22.7 Å². The second-order valence-electron chi connectivity index (χ2n) is 6.35. The van der Waals surface area contributed by atoms with Gasteiger partial charge in [-0.2, -0.15) is 8.78 Å². The van der Waals surface area contributed by atoms with E-state index in [2.05, 4.69) is 16.9 Å². The molecule has 0 radical (unpaired) electrons. The average Bonchev–Trinajstić information content (AvgIpc) is 2.70. The Kier molecular flexibility index (Phi) is 7.42. The Labute approximate surface area is 167 Å². The van der Waals surface area contributed by atoms with E-state index in [9.17, 15) is 13.6 Å². The molecule has 1 aliphatic heterocycles. The van der Waals surface area contributed by atoms with Gasteiger partial charge in [0.25, 0.3) is 0 Å². The summed E-state index contributed by atoms with van der Waals surface area (Å²) in [5, 5.41) is 0.896. The Morgan fingerprint density at radius 3 is 2.61 bits per heavy atom. The zero-order valence-corrected chi connectivity index (χ0v) is 16.2. The van der Waals surface area contributed by atoms with Crippen LogP contribution < -0.4 is 4.74 Å². The first-order valence-corrected chi connectivity index (χ1v) is 10.1. The summed E-state index contributed by atoms with van der Waals surface area (Å²) in [5.74, 6) is 0.972. The van der Waals surface area contributed by atoms with Crippen molar-refractivity contribution in [2.24, 2.45) is 4.99 Å². The summed E-state index contributed by atoms with van der Waals surface area (Å²) >= 11 is 1.67. The number of thioether (sulfide) groups is 1. The molecule has 2 aromatic carbocycles. The van der Waals surface area contributed by atoms with Crippen molar-refractivity contribution in [3.8, 4) is 5.75 Å². The average molecular weight is 404 g/mol. The molecule has 0 bridgehead atoms. The van der Waals surface area contributed by atoms with Crippen LogP contribution in [0, 0.1) is 0 Å². The minimum absolute atomic E-state index is 0.0447. The summed E-state index contributed by atoms with van der Waals surface area (Å²) < 4.78 is 28.8. The predicted octanol–water partition coefficient (Wildman–Crippen LogP) is 4.51. The Morgan fingerprint density at radius 2 is 1.89 bits per heavy atom. The van der Waals surface area contributed by atoms with E-state index in [0.717, 1.165) is 30.3 Å². The second kappa shape index (κ2) is 10.2. The number of rotatable bonds is 8. The van der Waals surface area contributed by atoms with E-state index in [1.54, 1.807) is 11.8 Å². The number of hydrogen-bond acceptors (Lipinski definition) is 4. The molecule has 7 heteroatoms. The van der Waals surface area contributed by atoms with Crippen molar-refractivity contribution in [1.29, 1.82) is 0 Å². The van der Waals surface area contributed by atoms with Gasteiger partial charge in [0.15, 0.2) is 11.0 Å². The molecule has 2 aromatic rings. The molecule has 0 unspecified atom stereocenters. The lowest BCUT2D eigenvalue weighted by atomic mass is 10.1. The van der Waals surface area contributed by atoms with Gasteiger partial charge in [-0.1, -0.05) is 42.1 Å². The number of carbonyl (C=O) groups excluding carboxylic acids is 1. The van der Waals surface area contributed by atoms with E-state index in [1.165, 1.54) is 29.8 Å². The molecule has 4 nitrogen and oxygen atoms in total. The van der Waals surface area contributed by atoms with Crippen LogP contribution in [-0.2, 0) is 6.42 Å². The predicted molar refractivity (Wildman–Crippen MR) is 109 cm³/mol. The molecule has 1 fully saturated rings. The van der Waals surface area contributed by atoms with Gasteiger partial charge in [-0.25, -0.2) is 0 Å². The maximum Gasteiger partial charge on any atom is 0.387 e. The summed E-state index contributed by atoms with van der Waals surface area (Å²) in [6.07, 6.45) is 1.86. The van der Waals surface area contributed by atoms with Crippen LogP contribution in [0.2, 0.25) is 0 Å². The lowest BCUT2D eigenvalue weighted by Crippen LogP contribution is -2.38. The van der Waals surface area contributed by atoms with Crippen LogP contribution in [0.1, 0.15) is 22.3 Å². The third-order valence-electron chi connectivity index (χ3n) is 4.30. The normalized spacial score (nSPS) is 15.8. The molecule has 28 heavy (non-hydrogen) atoms. The number of benzene rings is 2. The summed E-state index contributed by atoms with van der Waals surface area (Å²) in [7, 11) is 0. The molecular formula is C21H22F2N2O2S. The van der Waals surface area contributed by atoms with Crippen LogP contribution in [0.25, 0.3) is 0 Å². The number of nitrogens with zero attached hydrogens (tertiary/aromatic N) is 2. The fourth-order valence-electron chi connectivity index (χ4n) is 2.91. The molecule has 0 atom stereocenters. The highest BCUT2D eigenvalue weighted by atomic mass is 32.2. The molecule has 1 saturated heterocycles. The van der Waals surface area contributed by atoms with Gasteiger partial charge < -0.3 is 9.64 Å². The van der Waals surface area contributed by atoms with Crippen LogP contribution in [0.15, 0.2) is 59.6 Å². The van der Waals surface area contributed by atoms with E-state index in [4.69, 9.17) is 4.99 Å². The quantitative estimate of drug-likeness (QED) is 0.607. The summed E-state index contributed by atoms with van der Waals surface area (Å²) in [4.78, 5) is 19.3. The van der Waals surface area contributed by atoms with E-state index in [-0.39, 0.29) is 18.1 Å². The number of alkyl halides is 2. The van der Waals surface area contributed by atoms with Gasteiger partial charge in [0.2, 0.25) is 0 Å². The summed E-state index contributed by atoms with van der Waals surface area (Å²) in [6.45, 7) is -1.18. The van der Waals surface area contributed by atoms with Crippen molar-refractivity contribution in [3.05, 3.63) is 65.7 Å². The SMILES string of the molecule is O=C(CN1CCCSC1=NCCc1ccccc1)c1ccc(OC(F)F)cc1. The van der Waals surface area contributed by atoms with Crippen molar-refractivity contribution in [1.82, 2.24) is 4.90 Å². The molecule has 1 heterocycles. The number of hydrogen-bond donors (Lipinski definition) is 0. The summed E-state index contributed by atoms with van der Waals surface area (Å²) in [5.41, 5.74) is 1.71. The van der Waals surface area contributed by atoms with Gasteiger partial charge in [-0.15, -0.1) is 0 Å². The third-order valence-corrected chi connectivity index (χ3v) is 5.44. The first-order chi connectivity index (χ1) is 13.6. The van der Waals surface area contributed by atoms with E-state index < -0.39 is 6.61 Å². The zero-order valence-electron chi connectivity index (χ0n) is 15.4. The minimum atomic E-state index is -2.87. The van der Waals surface area contributed by atoms with E-state index in [0.29, 0.717) is 12.1 Å². The Bertz CT molecular complexity index is 798. The molecule has 0 spiro atoms. The van der Waals surface area contributed by atoms with Crippen LogP contribution >= 0.6 is 11.8 Å². The van der Waals surface area contributed by atoms with Crippen LogP contribution in [0.5, 0.6) is 5.75 Å². The van der Waals surface area contributed by atoms with Crippen molar-refractivity contribution in [3.63, 3.8) is 0 Å². The molecule has 1 aliphatic rings. The van der Waals surface area contributed by atoms with E-state index in [1.807, 2.05) is 23.1 Å². The van der Waals surface area contributed by atoms with Gasteiger partial charge >= 0.3 is 6.61 Å². The number of aliphatic imine (C=N–C) groups is 1. The van der Waals surface area contributed by atoms with E-state index >= 15 is 0 Å². The van der Waals surface area contributed by atoms with Gasteiger partial charge in [-0.05, 0) is 42.7 Å². The number of halogens is 2. The number of amidine groups is 1. The molecule has 0 amide bonds. The fourth-order valence-corrected chi connectivity index (χ4v) is 3.89. The maximum absolute atomic E-state index is 12.6. The number of ether oxygens (including phenoxy) is 1. The second-order valence-corrected chi connectivity index (χ2v) is 7.41. The van der Waals surface area contributed by atoms with Crippen molar-refractivity contribution in [2.45, 2.75) is 19.5 Å². The van der Waals surface area contributed by atoms with Gasteiger partial charge in [0, 0.05) is 24.4 Å². The first kappa shape index (κ1) is 20.3. The Morgan fingerprint density at radius 1 is 1.14 bits per heavy atom.